The largest absolute Gasteiger partial charge is 0.479 e. The van der Waals surface area contributed by atoms with E-state index in [2.05, 4.69) is 10.3 Å². The number of carboxylic acids is 1. The third-order valence-electron chi connectivity index (χ3n) is 1.94. The summed E-state index contributed by atoms with van der Waals surface area (Å²) in [6, 6.07) is 1.04. The van der Waals surface area contributed by atoms with E-state index < -0.39 is 35.8 Å². The lowest BCUT2D eigenvalue weighted by Crippen LogP contribution is -2.37. The molecule has 0 bridgehead atoms. The number of carbonyl (C=O) groups excluding carboxylic acids is 1. The summed E-state index contributed by atoms with van der Waals surface area (Å²) >= 11 is 0. The second kappa shape index (κ2) is 5.77. The maximum Gasteiger partial charge on any atom is 0.334 e. The van der Waals surface area contributed by atoms with Gasteiger partial charge in [-0.25, -0.2) is 9.59 Å². The van der Waals surface area contributed by atoms with Gasteiger partial charge in [0.25, 0.3) is 5.56 Å². The van der Waals surface area contributed by atoms with Crippen LogP contribution in [0.2, 0.25) is 0 Å². The van der Waals surface area contributed by atoms with E-state index in [9.17, 15) is 19.2 Å². The zero-order valence-electron chi connectivity index (χ0n) is 9.10. The van der Waals surface area contributed by atoms with Crippen LogP contribution in [0.5, 0.6) is 0 Å². The SMILES string of the molecule is O=C(Cc1cc(=O)[nH]c(=O)[nH]1)NC[C@H](O)C(=O)O. The van der Waals surface area contributed by atoms with Crippen molar-refractivity contribution in [2.75, 3.05) is 6.54 Å². The molecule has 0 radical (unpaired) electrons. The van der Waals surface area contributed by atoms with Gasteiger partial charge >= 0.3 is 11.7 Å². The Morgan fingerprint density at radius 3 is 2.56 bits per heavy atom. The number of nitrogens with one attached hydrogen (secondary N) is 3. The number of aromatic amines is 2. The van der Waals surface area contributed by atoms with Crippen LogP contribution in [0.25, 0.3) is 0 Å². The van der Waals surface area contributed by atoms with E-state index in [-0.39, 0.29) is 12.1 Å². The number of H-pyrrole nitrogens is 2. The molecule has 0 unspecified atom stereocenters. The Morgan fingerprint density at radius 2 is 2.00 bits per heavy atom. The van der Waals surface area contributed by atoms with Gasteiger partial charge in [-0.15, -0.1) is 0 Å². The fraction of sp³-hybridized carbons (Fsp3) is 0.333. The third-order valence-corrected chi connectivity index (χ3v) is 1.94. The monoisotopic (exact) mass is 257 g/mol. The highest BCUT2D eigenvalue weighted by Gasteiger charge is 2.14. The summed E-state index contributed by atoms with van der Waals surface area (Å²) < 4.78 is 0. The van der Waals surface area contributed by atoms with Gasteiger partial charge in [-0.3, -0.25) is 14.6 Å². The van der Waals surface area contributed by atoms with E-state index in [1.54, 1.807) is 0 Å². The molecule has 1 rings (SSSR count). The van der Waals surface area contributed by atoms with Gasteiger partial charge in [0.1, 0.15) is 0 Å². The third kappa shape index (κ3) is 4.22. The van der Waals surface area contributed by atoms with Gasteiger partial charge in [0.05, 0.1) is 13.0 Å². The second-order valence-electron chi connectivity index (χ2n) is 3.45. The average Bonchev–Trinajstić information content (AvgIpc) is 2.24. The quantitative estimate of drug-likeness (QED) is 0.383. The summed E-state index contributed by atoms with van der Waals surface area (Å²) in [6.45, 7) is -0.457. The van der Waals surface area contributed by atoms with Gasteiger partial charge in [-0.05, 0) is 0 Å². The van der Waals surface area contributed by atoms with E-state index in [1.165, 1.54) is 0 Å². The summed E-state index contributed by atoms with van der Waals surface area (Å²) in [5.41, 5.74) is -1.30. The standard InChI is InChI=1S/C9H11N3O6/c13-5(8(16)17)3-10-6(14)1-4-2-7(15)12-9(18)11-4/h2,5,13H,1,3H2,(H,10,14)(H,16,17)(H2,11,12,15,18)/t5-/m0/s1. The van der Waals surface area contributed by atoms with Gasteiger partial charge in [-0.2, -0.15) is 0 Å². The van der Waals surface area contributed by atoms with E-state index in [4.69, 9.17) is 10.2 Å². The molecule has 1 amide bonds. The van der Waals surface area contributed by atoms with Crippen molar-refractivity contribution in [2.24, 2.45) is 0 Å². The van der Waals surface area contributed by atoms with Crippen LogP contribution in [0.3, 0.4) is 0 Å². The number of rotatable bonds is 5. The molecule has 1 heterocycles. The molecule has 9 heteroatoms. The van der Waals surface area contributed by atoms with Crippen molar-refractivity contribution in [3.63, 3.8) is 0 Å². The molecule has 1 aromatic rings. The summed E-state index contributed by atoms with van der Waals surface area (Å²) in [7, 11) is 0. The topological polar surface area (TPSA) is 152 Å². The highest BCUT2D eigenvalue weighted by Crippen LogP contribution is 1.88. The number of aliphatic carboxylic acids is 1. The van der Waals surface area contributed by atoms with Crippen molar-refractivity contribution in [3.05, 3.63) is 32.6 Å². The van der Waals surface area contributed by atoms with Crippen molar-refractivity contribution >= 4 is 11.9 Å². The zero-order chi connectivity index (χ0) is 13.7. The first-order valence-electron chi connectivity index (χ1n) is 4.88. The molecule has 5 N–H and O–H groups in total. The van der Waals surface area contributed by atoms with Crippen LogP contribution in [0.1, 0.15) is 5.69 Å². The number of carbonyl (C=O) groups is 2. The average molecular weight is 257 g/mol. The molecule has 0 saturated carbocycles. The maximum atomic E-state index is 11.3. The highest BCUT2D eigenvalue weighted by atomic mass is 16.4. The lowest BCUT2D eigenvalue weighted by molar-refractivity contribution is -0.146. The fourth-order valence-corrected chi connectivity index (χ4v) is 1.15. The Balaban J connectivity index is 2.57. The Bertz CT molecular complexity index is 532. The number of carboxylic acid groups (broad SMARTS) is 1. The predicted molar refractivity (Wildman–Crippen MR) is 58.0 cm³/mol. The van der Waals surface area contributed by atoms with Crippen LogP contribution in [0.15, 0.2) is 15.7 Å². The summed E-state index contributed by atoms with van der Waals surface area (Å²) in [6.07, 6.45) is -2.00. The molecule has 9 nitrogen and oxygen atoms in total. The number of hydrogen-bond acceptors (Lipinski definition) is 5. The molecule has 1 aromatic heterocycles. The Kier molecular flexibility index (Phi) is 4.38. The summed E-state index contributed by atoms with van der Waals surface area (Å²) in [4.78, 5) is 47.6. The molecular formula is C9H11N3O6. The van der Waals surface area contributed by atoms with Crippen molar-refractivity contribution in [3.8, 4) is 0 Å². The van der Waals surface area contributed by atoms with Crippen LogP contribution in [0, 0.1) is 0 Å². The van der Waals surface area contributed by atoms with Gasteiger partial charge in [0.15, 0.2) is 6.10 Å². The van der Waals surface area contributed by atoms with Crippen LogP contribution in [-0.2, 0) is 16.0 Å². The van der Waals surface area contributed by atoms with Crippen molar-refractivity contribution in [2.45, 2.75) is 12.5 Å². The molecule has 98 valence electrons. The molecule has 0 aromatic carbocycles. The van der Waals surface area contributed by atoms with Gasteiger partial charge in [-0.1, -0.05) is 0 Å². The highest BCUT2D eigenvalue weighted by molar-refractivity contribution is 5.79. The van der Waals surface area contributed by atoms with E-state index in [1.807, 2.05) is 4.98 Å². The number of aliphatic hydroxyl groups excluding tert-OH is 1. The molecule has 0 saturated heterocycles. The van der Waals surface area contributed by atoms with Crippen LogP contribution >= 0.6 is 0 Å². The smallest absolute Gasteiger partial charge is 0.334 e. The normalized spacial score (nSPS) is 11.8. The predicted octanol–water partition coefficient (Wildman–Crippen LogP) is -2.83. The second-order valence-corrected chi connectivity index (χ2v) is 3.45. The van der Waals surface area contributed by atoms with E-state index in [0.717, 1.165) is 6.07 Å². The Hall–Kier alpha value is -2.42. The van der Waals surface area contributed by atoms with Gasteiger partial charge in [0.2, 0.25) is 5.91 Å². The fourth-order valence-electron chi connectivity index (χ4n) is 1.15. The molecular weight excluding hydrogens is 246 g/mol. The molecule has 0 aliphatic heterocycles. The lowest BCUT2D eigenvalue weighted by Gasteiger charge is -2.07. The van der Waals surface area contributed by atoms with Gasteiger partial charge < -0.3 is 20.5 Å². The number of aliphatic hydroxyl groups is 1. The van der Waals surface area contributed by atoms with Crippen LogP contribution < -0.4 is 16.6 Å². The molecule has 0 fully saturated rings. The zero-order valence-corrected chi connectivity index (χ0v) is 9.10. The van der Waals surface area contributed by atoms with E-state index in [0.29, 0.717) is 0 Å². The van der Waals surface area contributed by atoms with Crippen LogP contribution in [-0.4, -0.2) is 44.7 Å². The summed E-state index contributed by atoms with van der Waals surface area (Å²) in [5, 5.41) is 19.4. The first kappa shape index (κ1) is 13.6. The van der Waals surface area contributed by atoms with Crippen LogP contribution in [0.4, 0.5) is 0 Å². The van der Waals surface area contributed by atoms with Gasteiger partial charge in [0, 0.05) is 11.8 Å². The van der Waals surface area contributed by atoms with Crippen molar-refractivity contribution in [1.29, 1.82) is 0 Å². The van der Waals surface area contributed by atoms with E-state index >= 15 is 0 Å². The molecule has 18 heavy (non-hydrogen) atoms. The van der Waals surface area contributed by atoms with Crippen molar-refractivity contribution < 1.29 is 19.8 Å². The maximum absolute atomic E-state index is 11.3. The van der Waals surface area contributed by atoms with Crippen molar-refractivity contribution in [1.82, 2.24) is 15.3 Å². The molecule has 1 atom stereocenters. The minimum absolute atomic E-state index is 0.0889. The Morgan fingerprint density at radius 1 is 1.33 bits per heavy atom. The molecule has 0 aliphatic rings. The first-order valence-corrected chi connectivity index (χ1v) is 4.88. The summed E-state index contributed by atoms with van der Waals surface area (Å²) in [5.74, 6) is -2.09. The minimum Gasteiger partial charge on any atom is -0.479 e. The molecule has 0 spiro atoms. The Labute approximate surface area is 99.5 Å². The number of aromatic nitrogens is 2. The molecule has 0 aliphatic carbocycles. The number of hydrogen-bond donors (Lipinski definition) is 5. The first-order chi connectivity index (χ1) is 8.38. The minimum atomic E-state index is -1.70. The number of amides is 1. The lowest BCUT2D eigenvalue weighted by atomic mass is 10.2.